The van der Waals surface area contributed by atoms with Gasteiger partial charge in [0.2, 0.25) is 0 Å². The molecule has 3 nitrogen and oxygen atoms in total. The molecule has 122 valence electrons. The minimum atomic E-state index is 0.142. The minimum Gasteiger partial charge on any atom is -0.375 e. The number of nitrogens with zero attached hydrogens (tertiary/aromatic N) is 1. The van der Waals surface area contributed by atoms with Crippen LogP contribution in [0.25, 0.3) is 0 Å². The molecule has 0 amide bonds. The Balaban J connectivity index is 1.71. The second kappa shape index (κ2) is 5.82. The monoisotopic (exact) mass is 294 g/mol. The van der Waals surface area contributed by atoms with Crippen LogP contribution in [0.2, 0.25) is 0 Å². The van der Waals surface area contributed by atoms with Gasteiger partial charge >= 0.3 is 0 Å². The van der Waals surface area contributed by atoms with Crippen LogP contribution in [0.3, 0.4) is 0 Å². The SMILES string of the molecule is CCC1(CC)CC(N2CC(C)(C3CC3)NCC2C)CCO1. The lowest BCUT2D eigenvalue weighted by atomic mass is 9.83. The van der Waals surface area contributed by atoms with Crippen LogP contribution in [0, 0.1) is 5.92 Å². The third-order valence-corrected chi connectivity index (χ3v) is 6.58. The molecule has 3 aliphatic rings. The molecule has 1 saturated carbocycles. The van der Waals surface area contributed by atoms with Crippen LogP contribution in [0.1, 0.15) is 66.2 Å². The summed E-state index contributed by atoms with van der Waals surface area (Å²) in [5.41, 5.74) is 0.495. The van der Waals surface area contributed by atoms with Crippen molar-refractivity contribution in [1.29, 1.82) is 0 Å². The van der Waals surface area contributed by atoms with E-state index in [-0.39, 0.29) is 5.60 Å². The van der Waals surface area contributed by atoms with E-state index in [0.717, 1.165) is 31.9 Å². The highest BCUT2D eigenvalue weighted by Gasteiger charge is 2.48. The maximum atomic E-state index is 6.19. The van der Waals surface area contributed by atoms with Crippen LogP contribution in [0.5, 0.6) is 0 Å². The van der Waals surface area contributed by atoms with Crippen LogP contribution in [0.15, 0.2) is 0 Å². The van der Waals surface area contributed by atoms with Gasteiger partial charge in [0.05, 0.1) is 5.60 Å². The van der Waals surface area contributed by atoms with E-state index in [2.05, 4.69) is 37.9 Å². The Morgan fingerprint density at radius 2 is 1.90 bits per heavy atom. The van der Waals surface area contributed by atoms with E-state index >= 15 is 0 Å². The summed E-state index contributed by atoms with van der Waals surface area (Å²) in [6, 6.07) is 1.38. The molecule has 0 bridgehead atoms. The van der Waals surface area contributed by atoms with Crippen molar-refractivity contribution in [2.75, 3.05) is 19.7 Å². The summed E-state index contributed by atoms with van der Waals surface area (Å²) in [5, 5.41) is 3.85. The third-order valence-electron chi connectivity index (χ3n) is 6.58. The second-order valence-corrected chi connectivity index (χ2v) is 7.98. The van der Waals surface area contributed by atoms with Crippen molar-refractivity contribution in [1.82, 2.24) is 10.2 Å². The third kappa shape index (κ3) is 3.02. The molecule has 0 aromatic carbocycles. The first kappa shape index (κ1) is 15.8. The molecule has 1 N–H and O–H groups in total. The average molecular weight is 294 g/mol. The lowest BCUT2D eigenvalue weighted by Crippen LogP contribution is -2.66. The smallest absolute Gasteiger partial charge is 0.0692 e. The van der Waals surface area contributed by atoms with Gasteiger partial charge in [-0.05, 0) is 58.3 Å². The van der Waals surface area contributed by atoms with Crippen LogP contribution in [-0.4, -0.2) is 47.8 Å². The zero-order valence-electron chi connectivity index (χ0n) is 14.5. The predicted octanol–water partition coefficient (Wildman–Crippen LogP) is 3.19. The molecule has 3 unspecified atom stereocenters. The molecule has 0 radical (unpaired) electrons. The number of nitrogens with one attached hydrogen (secondary N) is 1. The summed E-state index contributed by atoms with van der Waals surface area (Å²) in [6.45, 7) is 12.8. The summed E-state index contributed by atoms with van der Waals surface area (Å²) in [4.78, 5) is 2.82. The Hall–Kier alpha value is -0.120. The molecule has 3 heteroatoms. The van der Waals surface area contributed by atoms with Gasteiger partial charge in [0.15, 0.2) is 0 Å². The molecule has 0 aromatic heterocycles. The molecule has 2 saturated heterocycles. The van der Waals surface area contributed by atoms with Crippen molar-refractivity contribution >= 4 is 0 Å². The highest BCUT2D eigenvalue weighted by molar-refractivity contribution is 5.05. The second-order valence-electron chi connectivity index (χ2n) is 7.98. The molecule has 21 heavy (non-hydrogen) atoms. The number of piperazine rings is 1. The van der Waals surface area contributed by atoms with Gasteiger partial charge in [0.1, 0.15) is 0 Å². The van der Waals surface area contributed by atoms with E-state index in [0.29, 0.717) is 17.6 Å². The molecule has 0 aromatic rings. The molecular formula is C18H34N2O. The van der Waals surface area contributed by atoms with Gasteiger partial charge in [-0.3, -0.25) is 4.90 Å². The first-order valence-electron chi connectivity index (χ1n) is 9.16. The van der Waals surface area contributed by atoms with Crippen molar-refractivity contribution in [2.24, 2.45) is 5.92 Å². The van der Waals surface area contributed by atoms with Gasteiger partial charge in [-0.2, -0.15) is 0 Å². The zero-order valence-corrected chi connectivity index (χ0v) is 14.5. The Kier molecular flexibility index (Phi) is 4.37. The fraction of sp³-hybridized carbons (Fsp3) is 1.00. The summed E-state index contributed by atoms with van der Waals surface area (Å²) in [7, 11) is 0. The van der Waals surface area contributed by atoms with Crippen LogP contribution >= 0.6 is 0 Å². The van der Waals surface area contributed by atoms with Crippen molar-refractivity contribution < 1.29 is 4.74 Å². The van der Waals surface area contributed by atoms with Crippen LogP contribution in [0.4, 0.5) is 0 Å². The quantitative estimate of drug-likeness (QED) is 0.862. The molecule has 2 aliphatic heterocycles. The first-order valence-corrected chi connectivity index (χ1v) is 9.16. The minimum absolute atomic E-state index is 0.142. The van der Waals surface area contributed by atoms with Gasteiger partial charge in [-0.25, -0.2) is 0 Å². The fourth-order valence-corrected chi connectivity index (χ4v) is 4.60. The van der Waals surface area contributed by atoms with E-state index in [1.807, 2.05) is 0 Å². The molecule has 1 aliphatic carbocycles. The summed E-state index contributed by atoms with van der Waals surface area (Å²) in [6.07, 6.45) is 7.60. The summed E-state index contributed by atoms with van der Waals surface area (Å²) in [5.74, 6) is 0.912. The van der Waals surface area contributed by atoms with E-state index in [4.69, 9.17) is 4.74 Å². The lowest BCUT2D eigenvalue weighted by molar-refractivity contribution is -0.121. The van der Waals surface area contributed by atoms with Crippen molar-refractivity contribution in [3.63, 3.8) is 0 Å². The maximum absolute atomic E-state index is 6.19. The van der Waals surface area contributed by atoms with E-state index in [1.165, 1.54) is 32.2 Å². The van der Waals surface area contributed by atoms with Crippen LogP contribution in [-0.2, 0) is 4.74 Å². The number of hydrogen-bond donors (Lipinski definition) is 1. The standard InChI is InChI=1S/C18H34N2O/c1-5-18(6-2)11-16(9-10-21-18)20-13-17(4,15-7-8-15)19-12-14(20)3/h14-16,19H,5-13H2,1-4H3. The number of hydrogen-bond acceptors (Lipinski definition) is 3. The Morgan fingerprint density at radius 1 is 1.19 bits per heavy atom. The molecular weight excluding hydrogens is 260 g/mol. The average Bonchev–Trinajstić information content (AvgIpc) is 3.35. The zero-order chi connectivity index (χ0) is 15.1. The van der Waals surface area contributed by atoms with Gasteiger partial charge in [0.25, 0.3) is 0 Å². The molecule has 0 spiro atoms. The highest BCUT2D eigenvalue weighted by Crippen LogP contribution is 2.43. The van der Waals surface area contributed by atoms with E-state index in [9.17, 15) is 0 Å². The van der Waals surface area contributed by atoms with Crippen molar-refractivity contribution in [2.45, 2.75) is 89.4 Å². The van der Waals surface area contributed by atoms with Gasteiger partial charge in [0, 0.05) is 37.3 Å². The van der Waals surface area contributed by atoms with Crippen molar-refractivity contribution in [3.8, 4) is 0 Å². The topological polar surface area (TPSA) is 24.5 Å². The van der Waals surface area contributed by atoms with Crippen molar-refractivity contribution in [3.05, 3.63) is 0 Å². The molecule has 3 atom stereocenters. The fourth-order valence-electron chi connectivity index (χ4n) is 4.60. The highest BCUT2D eigenvalue weighted by atomic mass is 16.5. The molecule has 2 heterocycles. The van der Waals surface area contributed by atoms with Gasteiger partial charge in [-0.1, -0.05) is 13.8 Å². The van der Waals surface area contributed by atoms with E-state index < -0.39 is 0 Å². The van der Waals surface area contributed by atoms with Crippen LogP contribution < -0.4 is 5.32 Å². The Bertz CT molecular complexity index is 364. The first-order chi connectivity index (χ1) is 10.0. The Morgan fingerprint density at radius 3 is 2.52 bits per heavy atom. The summed E-state index contributed by atoms with van der Waals surface area (Å²) < 4.78 is 6.19. The van der Waals surface area contributed by atoms with Gasteiger partial charge < -0.3 is 10.1 Å². The lowest BCUT2D eigenvalue weighted by Gasteiger charge is -2.52. The molecule has 3 fully saturated rings. The number of ether oxygens (including phenoxy) is 1. The predicted molar refractivity (Wildman–Crippen MR) is 87.6 cm³/mol. The maximum Gasteiger partial charge on any atom is 0.0692 e. The summed E-state index contributed by atoms with van der Waals surface area (Å²) >= 11 is 0. The van der Waals surface area contributed by atoms with Gasteiger partial charge in [-0.15, -0.1) is 0 Å². The largest absolute Gasteiger partial charge is 0.375 e. The molecule has 3 rings (SSSR count). The Labute approximate surface area is 130 Å². The number of rotatable bonds is 4. The normalized spacial score (nSPS) is 41.1. The van der Waals surface area contributed by atoms with E-state index in [1.54, 1.807) is 0 Å².